The van der Waals surface area contributed by atoms with E-state index >= 15 is 0 Å². The molecule has 0 N–H and O–H groups in total. The molecule has 2 heteroatoms. The molecule has 1 aromatic carbocycles. The van der Waals surface area contributed by atoms with Crippen molar-refractivity contribution < 1.29 is 4.39 Å². The minimum Gasteiger partial charge on any atom is -0.258 e. The molecule has 0 unspecified atom stereocenters. The van der Waals surface area contributed by atoms with E-state index < -0.39 is 0 Å². The third kappa shape index (κ3) is 8.39. The Hall–Kier alpha value is -2.40. The topological polar surface area (TPSA) is 12.4 Å². The Morgan fingerprint density at radius 3 is 2.29 bits per heavy atom. The maximum absolute atomic E-state index is 12.8. The number of benzene rings is 1. The highest BCUT2D eigenvalue weighted by atomic mass is 19.1. The van der Waals surface area contributed by atoms with Crippen molar-refractivity contribution in [2.24, 2.45) is 4.99 Å². The Kier molecular flexibility index (Phi) is 9.21. The van der Waals surface area contributed by atoms with E-state index in [2.05, 4.69) is 31.3 Å². The number of allylic oxidation sites excluding steroid dienone is 3. The van der Waals surface area contributed by atoms with Crippen molar-refractivity contribution in [3.05, 3.63) is 65.6 Å². The number of hydrogen-bond acceptors (Lipinski definition) is 1. The summed E-state index contributed by atoms with van der Waals surface area (Å²) in [6.45, 7) is 9.92. The maximum atomic E-state index is 12.8. The molecular formula is C19H22FN. The van der Waals surface area contributed by atoms with E-state index in [1.54, 1.807) is 12.1 Å². The summed E-state index contributed by atoms with van der Waals surface area (Å²) in [7, 11) is 0. The van der Waals surface area contributed by atoms with Crippen LogP contribution in [0.25, 0.3) is 6.08 Å². The molecule has 0 fully saturated rings. The van der Waals surface area contributed by atoms with Gasteiger partial charge in [0.25, 0.3) is 0 Å². The Morgan fingerprint density at radius 1 is 1.24 bits per heavy atom. The number of hydrogen-bond donors (Lipinski definition) is 0. The second-order valence-corrected chi connectivity index (χ2v) is 4.52. The lowest BCUT2D eigenvalue weighted by Gasteiger charge is -1.99. The van der Waals surface area contributed by atoms with E-state index in [-0.39, 0.29) is 5.82 Å². The average molecular weight is 283 g/mol. The van der Waals surface area contributed by atoms with Crippen LogP contribution < -0.4 is 0 Å². The first kappa shape index (κ1) is 18.6. The molecule has 110 valence electrons. The Morgan fingerprint density at radius 2 is 1.81 bits per heavy atom. The highest BCUT2D eigenvalue weighted by molar-refractivity contribution is 5.80. The first-order chi connectivity index (χ1) is 10.0. The molecule has 0 saturated heterocycles. The standard InChI is InChI=1S/C17H20FN.C2H2/c1-5-14(4)12-17(19-13(2)3)11-8-15-6-9-16(18)10-7-15;1-2/h6-12H,4-5H2,1-3H3;1-2H/b11-8+,17-12-;. The lowest BCUT2D eigenvalue weighted by molar-refractivity contribution is 0.628. The van der Waals surface area contributed by atoms with Crippen molar-refractivity contribution in [1.82, 2.24) is 0 Å². The molecule has 1 aromatic rings. The van der Waals surface area contributed by atoms with Gasteiger partial charge < -0.3 is 0 Å². The summed E-state index contributed by atoms with van der Waals surface area (Å²) in [5.41, 5.74) is 3.82. The summed E-state index contributed by atoms with van der Waals surface area (Å²) < 4.78 is 12.8. The van der Waals surface area contributed by atoms with Crippen LogP contribution in [-0.2, 0) is 0 Å². The van der Waals surface area contributed by atoms with Crippen molar-refractivity contribution in [3.63, 3.8) is 0 Å². The zero-order valence-electron chi connectivity index (χ0n) is 12.9. The Bertz CT molecular complexity index is 553. The maximum Gasteiger partial charge on any atom is 0.123 e. The molecule has 0 radical (unpaired) electrons. The fraction of sp³-hybridized carbons (Fsp3) is 0.211. The summed E-state index contributed by atoms with van der Waals surface area (Å²) in [6, 6.07) is 6.37. The normalized spacial score (nSPS) is 10.7. The molecule has 21 heavy (non-hydrogen) atoms. The lowest BCUT2D eigenvalue weighted by atomic mass is 10.1. The summed E-state index contributed by atoms with van der Waals surface area (Å²) in [5, 5.41) is 0. The highest BCUT2D eigenvalue weighted by Gasteiger charge is 1.93. The number of nitrogens with zero attached hydrogens (tertiary/aromatic N) is 1. The molecule has 1 nitrogen and oxygen atoms in total. The number of rotatable bonds is 5. The van der Waals surface area contributed by atoms with Gasteiger partial charge in [0.2, 0.25) is 0 Å². The molecule has 0 heterocycles. The number of terminal acetylenes is 1. The molecule has 0 aliphatic rings. The first-order valence-electron chi connectivity index (χ1n) is 6.69. The van der Waals surface area contributed by atoms with Gasteiger partial charge in [0.05, 0.1) is 5.70 Å². The van der Waals surface area contributed by atoms with Gasteiger partial charge in [-0.1, -0.05) is 37.3 Å². The van der Waals surface area contributed by atoms with Crippen LogP contribution in [0, 0.1) is 18.7 Å². The molecule has 0 bridgehead atoms. The van der Waals surface area contributed by atoms with Gasteiger partial charge in [0, 0.05) is 5.71 Å². The number of aliphatic imine (C=N–C) groups is 1. The Balaban J connectivity index is 0.00000191. The average Bonchev–Trinajstić information content (AvgIpc) is 2.47. The minimum absolute atomic E-state index is 0.227. The van der Waals surface area contributed by atoms with Crippen LogP contribution in [0.2, 0.25) is 0 Å². The Labute approximate surface area is 127 Å². The molecule has 1 rings (SSSR count). The lowest BCUT2D eigenvalue weighted by Crippen LogP contribution is -1.84. The molecule has 0 spiro atoms. The van der Waals surface area contributed by atoms with Gasteiger partial charge in [-0.25, -0.2) is 4.39 Å². The van der Waals surface area contributed by atoms with Crippen LogP contribution in [-0.4, -0.2) is 5.71 Å². The summed E-state index contributed by atoms with van der Waals surface area (Å²) in [4.78, 5) is 4.45. The van der Waals surface area contributed by atoms with Gasteiger partial charge in [-0.3, -0.25) is 4.99 Å². The largest absolute Gasteiger partial charge is 0.258 e. The van der Waals surface area contributed by atoms with Gasteiger partial charge in [0.15, 0.2) is 0 Å². The second-order valence-electron chi connectivity index (χ2n) is 4.52. The minimum atomic E-state index is -0.227. The van der Waals surface area contributed by atoms with Gasteiger partial charge in [-0.15, -0.1) is 12.8 Å². The van der Waals surface area contributed by atoms with Gasteiger partial charge in [-0.05, 0) is 50.1 Å². The molecule has 0 aliphatic carbocycles. The second kappa shape index (κ2) is 10.4. The van der Waals surface area contributed by atoms with Crippen molar-refractivity contribution in [2.75, 3.05) is 0 Å². The monoisotopic (exact) mass is 283 g/mol. The smallest absolute Gasteiger partial charge is 0.123 e. The van der Waals surface area contributed by atoms with Crippen LogP contribution in [0.3, 0.4) is 0 Å². The molecular weight excluding hydrogens is 261 g/mol. The van der Waals surface area contributed by atoms with Crippen LogP contribution in [0.1, 0.15) is 32.8 Å². The predicted molar refractivity (Wildman–Crippen MR) is 91.6 cm³/mol. The van der Waals surface area contributed by atoms with E-state index in [1.165, 1.54) is 12.1 Å². The third-order valence-electron chi connectivity index (χ3n) is 2.48. The van der Waals surface area contributed by atoms with Gasteiger partial charge in [-0.2, -0.15) is 0 Å². The van der Waals surface area contributed by atoms with Gasteiger partial charge >= 0.3 is 0 Å². The van der Waals surface area contributed by atoms with Crippen molar-refractivity contribution >= 4 is 11.8 Å². The fourth-order valence-electron chi connectivity index (χ4n) is 1.44. The molecule has 0 aromatic heterocycles. The summed E-state index contributed by atoms with van der Waals surface area (Å²) >= 11 is 0. The quantitative estimate of drug-likeness (QED) is 0.389. The van der Waals surface area contributed by atoms with Crippen LogP contribution in [0.5, 0.6) is 0 Å². The van der Waals surface area contributed by atoms with Gasteiger partial charge in [0.1, 0.15) is 5.82 Å². The zero-order valence-corrected chi connectivity index (χ0v) is 12.9. The molecule has 0 atom stereocenters. The number of halogens is 1. The molecule has 0 amide bonds. The van der Waals surface area contributed by atoms with Crippen LogP contribution >= 0.6 is 0 Å². The van der Waals surface area contributed by atoms with E-state index in [1.807, 2.05) is 32.1 Å². The van der Waals surface area contributed by atoms with Crippen molar-refractivity contribution in [3.8, 4) is 12.8 Å². The van der Waals surface area contributed by atoms with E-state index in [0.717, 1.165) is 29.0 Å². The molecule has 0 saturated carbocycles. The summed E-state index contributed by atoms with van der Waals surface area (Å²) in [5.74, 6) is -0.227. The first-order valence-corrected chi connectivity index (χ1v) is 6.69. The van der Waals surface area contributed by atoms with E-state index in [9.17, 15) is 4.39 Å². The van der Waals surface area contributed by atoms with E-state index in [4.69, 9.17) is 0 Å². The predicted octanol–water partition coefficient (Wildman–Crippen LogP) is 5.42. The van der Waals surface area contributed by atoms with Crippen LogP contribution in [0.4, 0.5) is 4.39 Å². The highest BCUT2D eigenvalue weighted by Crippen LogP contribution is 2.11. The van der Waals surface area contributed by atoms with Crippen molar-refractivity contribution in [1.29, 1.82) is 0 Å². The van der Waals surface area contributed by atoms with Crippen molar-refractivity contribution in [2.45, 2.75) is 27.2 Å². The summed E-state index contributed by atoms with van der Waals surface area (Å²) in [6.07, 6.45) is 14.7. The SMILES string of the molecule is C#C.C=C(/C=C(/C=C/c1ccc(F)cc1)N=C(C)C)CC. The van der Waals surface area contributed by atoms with Crippen LogP contribution in [0.15, 0.2) is 59.3 Å². The fourth-order valence-corrected chi connectivity index (χ4v) is 1.44. The third-order valence-corrected chi connectivity index (χ3v) is 2.48. The van der Waals surface area contributed by atoms with E-state index in [0.29, 0.717) is 0 Å². The zero-order chi connectivity index (χ0) is 16.3. The molecule has 0 aliphatic heterocycles.